The van der Waals surface area contributed by atoms with E-state index in [0.29, 0.717) is 11.4 Å². The fourth-order valence-corrected chi connectivity index (χ4v) is 2.06. The number of ether oxygens (including phenoxy) is 1. The van der Waals surface area contributed by atoms with Gasteiger partial charge < -0.3 is 9.84 Å². The summed E-state index contributed by atoms with van der Waals surface area (Å²) in [6.07, 6.45) is 1.54. The SMILES string of the molecule is OCc1cnc(Oc2ccccc2F)c2ccccc12. The van der Waals surface area contributed by atoms with Crippen LogP contribution >= 0.6 is 0 Å². The molecule has 0 unspecified atom stereocenters. The Kier molecular flexibility index (Phi) is 3.31. The summed E-state index contributed by atoms with van der Waals surface area (Å²) in [5.41, 5.74) is 0.710. The van der Waals surface area contributed by atoms with Crippen LogP contribution in [0.1, 0.15) is 5.56 Å². The standard InChI is InChI=1S/C16H12FNO2/c17-14-7-3-4-8-15(14)20-16-13-6-2-1-5-12(13)11(10-19)9-18-16/h1-9,19H,10H2. The van der Waals surface area contributed by atoms with Gasteiger partial charge >= 0.3 is 0 Å². The summed E-state index contributed by atoms with van der Waals surface area (Å²) in [6, 6.07) is 13.6. The molecule has 0 amide bonds. The van der Waals surface area contributed by atoms with Crippen LogP contribution in [-0.2, 0) is 6.61 Å². The van der Waals surface area contributed by atoms with E-state index in [1.807, 2.05) is 24.3 Å². The Hall–Kier alpha value is -2.46. The van der Waals surface area contributed by atoms with Crippen molar-refractivity contribution in [2.45, 2.75) is 6.61 Å². The van der Waals surface area contributed by atoms with E-state index in [9.17, 15) is 9.50 Å². The number of rotatable bonds is 3. The first-order valence-electron chi connectivity index (χ1n) is 6.19. The van der Waals surface area contributed by atoms with Gasteiger partial charge in [0, 0.05) is 17.1 Å². The molecule has 0 saturated carbocycles. The highest BCUT2D eigenvalue weighted by Crippen LogP contribution is 2.30. The van der Waals surface area contributed by atoms with Crippen LogP contribution in [-0.4, -0.2) is 10.1 Å². The minimum atomic E-state index is -0.440. The number of fused-ring (bicyclic) bond motifs is 1. The van der Waals surface area contributed by atoms with E-state index in [1.165, 1.54) is 6.07 Å². The van der Waals surface area contributed by atoms with E-state index >= 15 is 0 Å². The third-order valence-corrected chi connectivity index (χ3v) is 3.05. The van der Waals surface area contributed by atoms with Gasteiger partial charge in [-0.25, -0.2) is 9.37 Å². The summed E-state index contributed by atoms with van der Waals surface area (Å²) in [5, 5.41) is 10.9. The Morgan fingerprint density at radius 3 is 2.45 bits per heavy atom. The molecule has 0 bridgehead atoms. The number of aliphatic hydroxyl groups excluding tert-OH is 1. The molecule has 4 heteroatoms. The number of nitrogens with zero attached hydrogens (tertiary/aromatic N) is 1. The zero-order valence-corrected chi connectivity index (χ0v) is 10.6. The van der Waals surface area contributed by atoms with E-state index in [1.54, 1.807) is 24.4 Å². The second-order valence-corrected chi connectivity index (χ2v) is 4.32. The lowest BCUT2D eigenvalue weighted by Gasteiger charge is -2.10. The Labute approximate surface area is 115 Å². The van der Waals surface area contributed by atoms with Crippen molar-refractivity contribution in [1.82, 2.24) is 4.98 Å². The van der Waals surface area contributed by atoms with Crippen LogP contribution in [0.15, 0.2) is 54.7 Å². The summed E-state index contributed by atoms with van der Waals surface area (Å²) in [5.74, 6) is 0.00872. The van der Waals surface area contributed by atoms with Crippen LogP contribution in [0.3, 0.4) is 0 Å². The van der Waals surface area contributed by atoms with Crippen molar-refractivity contribution in [1.29, 1.82) is 0 Å². The Balaban J connectivity index is 2.11. The zero-order chi connectivity index (χ0) is 13.9. The van der Waals surface area contributed by atoms with Gasteiger partial charge in [0.15, 0.2) is 11.6 Å². The molecule has 3 nitrogen and oxygen atoms in total. The molecule has 2 aromatic carbocycles. The quantitative estimate of drug-likeness (QED) is 0.789. The highest BCUT2D eigenvalue weighted by atomic mass is 19.1. The van der Waals surface area contributed by atoms with Gasteiger partial charge in [-0.3, -0.25) is 0 Å². The molecule has 0 aliphatic heterocycles. The van der Waals surface area contributed by atoms with Gasteiger partial charge in [0.2, 0.25) is 5.88 Å². The summed E-state index contributed by atoms with van der Waals surface area (Å²) >= 11 is 0. The second-order valence-electron chi connectivity index (χ2n) is 4.32. The topological polar surface area (TPSA) is 42.4 Å². The van der Waals surface area contributed by atoms with Gasteiger partial charge in [0.05, 0.1) is 6.61 Å². The number of halogens is 1. The average Bonchev–Trinajstić information content (AvgIpc) is 2.50. The van der Waals surface area contributed by atoms with Crippen molar-refractivity contribution in [2.75, 3.05) is 0 Å². The van der Waals surface area contributed by atoms with Crippen molar-refractivity contribution < 1.29 is 14.2 Å². The van der Waals surface area contributed by atoms with E-state index < -0.39 is 5.82 Å². The predicted octanol–water partition coefficient (Wildman–Crippen LogP) is 3.66. The monoisotopic (exact) mass is 269 g/mol. The first-order chi connectivity index (χ1) is 9.79. The predicted molar refractivity (Wildman–Crippen MR) is 74.1 cm³/mol. The number of aliphatic hydroxyl groups is 1. The van der Waals surface area contributed by atoms with Crippen molar-refractivity contribution in [3.8, 4) is 11.6 Å². The van der Waals surface area contributed by atoms with Crippen molar-refractivity contribution in [2.24, 2.45) is 0 Å². The van der Waals surface area contributed by atoms with E-state index in [-0.39, 0.29) is 12.4 Å². The normalized spacial score (nSPS) is 10.7. The van der Waals surface area contributed by atoms with Crippen molar-refractivity contribution in [3.05, 3.63) is 66.1 Å². The zero-order valence-electron chi connectivity index (χ0n) is 10.6. The molecule has 1 aromatic heterocycles. The smallest absolute Gasteiger partial charge is 0.227 e. The molecule has 0 aliphatic carbocycles. The van der Waals surface area contributed by atoms with Crippen LogP contribution in [0, 0.1) is 5.82 Å². The maximum atomic E-state index is 13.6. The molecule has 0 aliphatic rings. The fourth-order valence-electron chi connectivity index (χ4n) is 2.06. The van der Waals surface area contributed by atoms with Crippen LogP contribution in [0.4, 0.5) is 4.39 Å². The van der Waals surface area contributed by atoms with E-state index in [2.05, 4.69) is 4.98 Å². The molecule has 20 heavy (non-hydrogen) atoms. The molecule has 0 radical (unpaired) electrons. The number of pyridine rings is 1. The number of benzene rings is 2. The van der Waals surface area contributed by atoms with Crippen LogP contribution in [0.25, 0.3) is 10.8 Å². The maximum absolute atomic E-state index is 13.6. The highest BCUT2D eigenvalue weighted by Gasteiger charge is 2.10. The first kappa shape index (κ1) is 12.6. The Morgan fingerprint density at radius 2 is 1.70 bits per heavy atom. The molecule has 1 N–H and O–H groups in total. The van der Waals surface area contributed by atoms with E-state index in [0.717, 1.165) is 10.8 Å². The largest absolute Gasteiger partial charge is 0.435 e. The van der Waals surface area contributed by atoms with Crippen molar-refractivity contribution >= 4 is 10.8 Å². The summed E-state index contributed by atoms with van der Waals surface area (Å²) < 4.78 is 19.2. The van der Waals surface area contributed by atoms with Crippen molar-refractivity contribution in [3.63, 3.8) is 0 Å². The fraction of sp³-hybridized carbons (Fsp3) is 0.0625. The number of aromatic nitrogens is 1. The van der Waals surface area contributed by atoms with E-state index in [4.69, 9.17) is 4.74 Å². The molecule has 0 atom stereocenters. The summed E-state index contributed by atoms with van der Waals surface area (Å²) in [7, 11) is 0. The average molecular weight is 269 g/mol. The van der Waals surface area contributed by atoms with Gasteiger partial charge in [0.25, 0.3) is 0 Å². The van der Waals surface area contributed by atoms with Gasteiger partial charge in [-0.15, -0.1) is 0 Å². The second kappa shape index (κ2) is 5.27. The number of para-hydroxylation sites is 1. The molecule has 3 rings (SSSR count). The third-order valence-electron chi connectivity index (χ3n) is 3.05. The van der Waals surface area contributed by atoms with Gasteiger partial charge in [-0.2, -0.15) is 0 Å². The van der Waals surface area contributed by atoms with Gasteiger partial charge in [-0.05, 0) is 23.6 Å². The number of hydrogen-bond donors (Lipinski definition) is 1. The lowest BCUT2D eigenvalue weighted by Crippen LogP contribution is -1.95. The Bertz CT molecular complexity index is 758. The summed E-state index contributed by atoms with van der Waals surface area (Å²) in [4.78, 5) is 4.17. The molecule has 3 aromatic rings. The molecule has 0 spiro atoms. The molecule has 0 fully saturated rings. The van der Waals surface area contributed by atoms with Gasteiger partial charge in [-0.1, -0.05) is 30.3 Å². The molecule has 100 valence electrons. The minimum Gasteiger partial charge on any atom is -0.435 e. The first-order valence-corrected chi connectivity index (χ1v) is 6.19. The molecular formula is C16H12FNO2. The van der Waals surface area contributed by atoms with Crippen LogP contribution in [0.2, 0.25) is 0 Å². The molecule has 1 heterocycles. The molecular weight excluding hydrogens is 257 g/mol. The lowest BCUT2D eigenvalue weighted by molar-refractivity contribution is 0.282. The molecule has 0 saturated heterocycles. The maximum Gasteiger partial charge on any atom is 0.227 e. The number of hydrogen-bond acceptors (Lipinski definition) is 3. The lowest BCUT2D eigenvalue weighted by atomic mass is 10.1. The van der Waals surface area contributed by atoms with Gasteiger partial charge in [0.1, 0.15) is 0 Å². The van der Waals surface area contributed by atoms with Crippen LogP contribution < -0.4 is 4.74 Å². The van der Waals surface area contributed by atoms with Crippen LogP contribution in [0.5, 0.6) is 11.6 Å². The Morgan fingerprint density at radius 1 is 1.00 bits per heavy atom. The third kappa shape index (κ3) is 2.21. The minimum absolute atomic E-state index is 0.104. The summed E-state index contributed by atoms with van der Waals surface area (Å²) in [6.45, 7) is -0.104. The highest BCUT2D eigenvalue weighted by molar-refractivity contribution is 5.89.